The number of carbonyl (C=O) groups excluding carboxylic acids is 1. The number of benzene rings is 2. The molecule has 120 valence electrons. The lowest BCUT2D eigenvalue weighted by Gasteiger charge is -2.32. The highest BCUT2D eigenvalue weighted by Gasteiger charge is 2.42. The zero-order valence-electron chi connectivity index (χ0n) is 13.4. The molecule has 1 N–H and O–H groups in total. The molecule has 0 saturated heterocycles. The molecule has 1 aliphatic rings. The SMILES string of the molecule is COC[C@@H]1Cc2ccccc2N1C(=O)[C@](C)(O)c1ccccc1. The number of fused-ring (bicyclic) bond motifs is 1. The molecule has 0 aliphatic carbocycles. The summed E-state index contributed by atoms with van der Waals surface area (Å²) in [5, 5.41) is 10.9. The average molecular weight is 311 g/mol. The van der Waals surface area contributed by atoms with E-state index in [0.717, 1.165) is 17.7 Å². The first-order chi connectivity index (χ1) is 11.1. The Morgan fingerprint density at radius 3 is 2.57 bits per heavy atom. The number of aliphatic hydroxyl groups is 1. The fraction of sp³-hybridized carbons (Fsp3) is 0.316. The number of hydrogen-bond acceptors (Lipinski definition) is 3. The fourth-order valence-electron chi connectivity index (χ4n) is 3.18. The van der Waals surface area contributed by atoms with E-state index in [9.17, 15) is 9.90 Å². The van der Waals surface area contributed by atoms with Crippen molar-refractivity contribution in [2.75, 3.05) is 18.6 Å². The summed E-state index contributed by atoms with van der Waals surface area (Å²) in [5.41, 5.74) is 0.970. The van der Waals surface area contributed by atoms with E-state index in [2.05, 4.69) is 0 Å². The summed E-state index contributed by atoms with van der Waals surface area (Å²) in [6.45, 7) is 1.99. The van der Waals surface area contributed by atoms with E-state index in [4.69, 9.17) is 4.74 Å². The third-order valence-corrected chi connectivity index (χ3v) is 4.40. The van der Waals surface area contributed by atoms with E-state index in [1.807, 2.05) is 42.5 Å². The second-order valence-electron chi connectivity index (χ2n) is 6.06. The molecule has 0 fully saturated rings. The molecule has 2 atom stereocenters. The number of amides is 1. The molecule has 1 heterocycles. The highest BCUT2D eigenvalue weighted by molar-refractivity contribution is 6.01. The third kappa shape index (κ3) is 2.76. The van der Waals surface area contributed by atoms with Crippen LogP contribution in [0.25, 0.3) is 0 Å². The molecule has 1 amide bonds. The van der Waals surface area contributed by atoms with Crippen molar-refractivity contribution in [2.45, 2.75) is 25.0 Å². The van der Waals surface area contributed by atoms with E-state index in [1.54, 1.807) is 31.1 Å². The fourth-order valence-corrected chi connectivity index (χ4v) is 3.18. The number of rotatable bonds is 4. The molecule has 1 aliphatic heterocycles. The Kier molecular flexibility index (Phi) is 4.20. The van der Waals surface area contributed by atoms with Gasteiger partial charge < -0.3 is 14.7 Å². The van der Waals surface area contributed by atoms with Crippen molar-refractivity contribution in [3.05, 3.63) is 65.7 Å². The topological polar surface area (TPSA) is 49.8 Å². The van der Waals surface area contributed by atoms with Crippen LogP contribution in [0.3, 0.4) is 0 Å². The standard InChI is InChI=1S/C19H21NO3/c1-19(22,15-9-4-3-5-10-15)18(21)20-16(13-23-2)12-14-8-6-7-11-17(14)20/h3-11,16,22H,12-13H2,1-2H3/t16-,19+/m0/s1. The van der Waals surface area contributed by atoms with Gasteiger partial charge in [-0.1, -0.05) is 48.5 Å². The largest absolute Gasteiger partial charge is 0.383 e. The van der Waals surface area contributed by atoms with Crippen LogP contribution in [-0.2, 0) is 21.6 Å². The lowest BCUT2D eigenvalue weighted by Crippen LogP contribution is -2.50. The van der Waals surface area contributed by atoms with Crippen LogP contribution in [0.5, 0.6) is 0 Å². The van der Waals surface area contributed by atoms with Crippen LogP contribution in [0.15, 0.2) is 54.6 Å². The van der Waals surface area contributed by atoms with Gasteiger partial charge in [-0.25, -0.2) is 0 Å². The number of para-hydroxylation sites is 1. The molecule has 0 aromatic heterocycles. The van der Waals surface area contributed by atoms with Gasteiger partial charge in [-0.3, -0.25) is 4.79 Å². The van der Waals surface area contributed by atoms with Crippen molar-refractivity contribution in [3.63, 3.8) is 0 Å². The lowest BCUT2D eigenvalue weighted by molar-refractivity contribution is -0.136. The minimum Gasteiger partial charge on any atom is -0.383 e. The normalized spacial score (nSPS) is 19.3. The number of nitrogens with zero attached hydrogens (tertiary/aromatic N) is 1. The molecule has 0 unspecified atom stereocenters. The molecule has 0 saturated carbocycles. The van der Waals surface area contributed by atoms with E-state index < -0.39 is 5.60 Å². The highest BCUT2D eigenvalue weighted by Crippen LogP contribution is 2.36. The van der Waals surface area contributed by atoms with Crippen LogP contribution in [0.4, 0.5) is 5.69 Å². The second kappa shape index (κ2) is 6.14. The molecule has 2 aromatic rings. The second-order valence-corrected chi connectivity index (χ2v) is 6.06. The first-order valence-corrected chi connectivity index (χ1v) is 7.74. The van der Waals surface area contributed by atoms with Crippen molar-refractivity contribution < 1.29 is 14.6 Å². The Balaban J connectivity index is 1.99. The number of hydrogen-bond donors (Lipinski definition) is 1. The van der Waals surface area contributed by atoms with Crippen molar-refractivity contribution in [1.29, 1.82) is 0 Å². The Bertz CT molecular complexity index is 697. The van der Waals surface area contributed by atoms with E-state index in [1.165, 1.54) is 0 Å². The summed E-state index contributed by atoms with van der Waals surface area (Å²) in [5.74, 6) is -0.323. The minimum absolute atomic E-state index is 0.0971. The van der Waals surface area contributed by atoms with Gasteiger partial charge in [0, 0.05) is 12.8 Å². The Labute approximate surface area is 136 Å². The summed E-state index contributed by atoms with van der Waals surface area (Å²) in [6, 6.07) is 16.8. The first kappa shape index (κ1) is 15.7. The lowest BCUT2D eigenvalue weighted by atomic mass is 9.94. The quantitative estimate of drug-likeness (QED) is 0.944. The summed E-state index contributed by atoms with van der Waals surface area (Å²) in [4.78, 5) is 14.8. The average Bonchev–Trinajstić information content (AvgIpc) is 2.93. The highest BCUT2D eigenvalue weighted by atomic mass is 16.5. The van der Waals surface area contributed by atoms with Crippen molar-refractivity contribution in [1.82, 2.24) is 0 Å². The monoisotopic (exact) mass is 311 g/mol. The Morgan fingerprint density at radius 1 is 1.22 bits per heavy atom. The van der Waals surface area contributed by atoms with Gasteiger partial charge in [0.2, 0.25) is 0 Å². The van der Waals surface area contributed by atoms with Gasteiger partial charge in [0.25, 0.3) is 5.91 Å². The summed E-state index contributed by atoms with van der Waals surface area (Å²) >= 11 is 0. The summed E-state index contributed by atoms with van der Waals surface area (Å²) in [7, 11) is 1.63. The molecule has 4 heteroatoms. The molecule has 4 nitrogen and oxygen atoms in total. The van der Waals surface area contributed by atoms with Crippen molar-refractivity contribution in [3.8, 4) is 0 Å². The zero-order chi connectivity index (χ0) is 16.4. The number of methoxy groups -OCH3 is 1. The predicted molar refractivity (Wildman–Crippen MR) is 89.3 cm³/mol. The van der Waals surface area contributed by atoms with Crippen LogP contribution < -0.4 is 4.90 Å². The van der Waals surface area contributed by atoms with Gasteiger partial charge >= 0.3 is 0 Å². The van der Waals surface area contributed by atoms with Gasteiger partial charge in [0.1, 0.15) is 0 Å². The van der Waals surface area contributed by atoms with Crippen LogP contribution in [0.1, 0.15) is 18.1 Å². The van der Waals surface area contributed by atoms with E-state index in [0.29, 0.717) is 12.2 Å². The van der Waals surface area contributed by atoms with Gasteiger partial charge in [-0.05, 0) is 30.5 Å². The van der Waals surface area contributed by atoms with E-state index in [-0.39, 0.29) is 11.9 Å². The molecular weight excluding hydrogens is 290 g/mol. The van der Waals surface area contributed by atoms with Gasteiger partial charge in [-0.15, -0.1) is 0 Å². The molecule has 23 heavy (non-hydrogen) atoms. The Hall–Kier alpha value is -2.17. The van der Waals surface area contributed by atoms with Gasteiger partial charge in [-0.2, -0.15) is 0 Å². The van der Waals surface area contributed by atoms with Crippen LogP contribution in [0.2, 0.25) is 0 Å². The molecule has 0 spiro atoms. The number of ether oxygens (including phenoxy) is 1. The zero-order valence-corrected chi connectivity index (χ0v) is 13.4. The van der Waals surface area contributed by atoms with Crippen molar-refractivity contribution in [2.24, 2.45) is 0 Å². The minimum atomic E-state index is -1.58. The van der Waals surface area contributed by atoms with E-state index >= 15 is 0 Å². The third-order valence-electron chi connectivity index (χ3n) is 4.40. The molecular formula is C19H21NO3. The number of anilines is 1. The molecule has 0 bridgehead atoms. The van der Waals surface area contributed by atoms with Gasteiger partial charge in [0.05, 0.1) is 12.6 Å². The maximum absolute atomic E-state index is 13.1. The van der Waals surface area contributed by atoms with Crippen molar-refractivity contribution >= 4 is 11.6 Å². The Morgan fingerprint density at radius 2 is 1.87 bits per heavy atom. The summed E-state index contributed by atoms with van der Waals surface area (Å²) < 4.78 is 5.28. The maximum atomic E-state index is 13.1. The summed E-state index contributed by atoms with van der Waals surface area (Å²) in [6.07, 6.45) is 0.737. The molecule has 2 aromatic carbocycles. The van der Waals surface area contributed by atoms with Crippen LogP contribution in [0, 0.1) is 0 Å². The van der Waals surface area contributed by atoms with Gasteiger partial charge in [0.15, 0.2) is 5.60 Å². The predicted octanol–water partition coefficient (Wildman–Crippen LogP) is 2.50. The maximum Gasteiger partial charge on any atom is 0.263 e. The molecule has 0 radical (unpaired) electrons. The first-order valence-electron chi connectivity index (χ1n) is 7.74. The van der Waals surface area contributed by atoms with Crippen LogP contribution >= 0.6 is 0 Å². The smallest absolute Gasteiger partial charge is 0.263 e. The molecule has 3 rings (SSSR count). The number of carbonyl (C=O) groups is 1. The van der Waals surface area contributed by atoms with Crippen LogP contribution in [-0.4, -0.2) is 30.8 Å².